The largest absolute Gasteiger partial charge is 0.464 e. The Morgan fingerprint density at radius 1 is 0.386 bits per heavy atom. The zero-order valence-electron chi connectivity index (χ0n) is 23.7. The van der Waals surface area contributed by atoms with Crippen LogP contribution in [0.3, 0.4) is 0 Å². The molecule has 0 bridgehead atoms. The first-order valence-electron chi connectivity index (χ1n) is 15.0. The van der Waals surface area contributed by atoms with Crippen molar-refractivity contribution in [3.8, 4) is 22.3 Å². The molecular formula is C42H24O2. The van der Waals surface area contributed by atoms with Crippen molar-refractivity contribution in [2.75, 3.05) is 0 Å². The van der Waals surface area contributed by atoms with Crippen LogP contribution in [0.25, 0.3) is 98.3 Å². The van der Waals surface area contributed by atoms with Gasteiger partial charge in [-0.05, 0) is 102 Å². The lowest BCUT2D eigenvalue weighted by molar-refractivity contribution is 0.618. The first-order valence-corrected chi connectivity index (χ1v) is 15.0. The first-order chi connectivity index (χ1) is 21.8. The van der Waals surface area contributed by atoms with Crippen molar-refractivity contribution >= 4 is 76.0 Å². The topological polar surface area (TPSA) is 26.3 Å². The molecule has 0 radical (unpaired) electrons. The maximum Gasteiger partial charge on any atom is 0.145 e. The van der Waals surface area contributed by atoms with E-state index in [1.165, 1.54) is 59.8 Å². The van der Waals surface area contributed by atoms with Gasteiger partial charge in [-0.25, -0.2) is 0 Å². The van der Waals surface area contributed by atoms with Crippen LogP contribution in [0.2, 0.25) is 0 Å². The third kappa shape index (κ3) is 3.20. The summed E-state index contributed by atoms with van der Waals surface area (Å²) in [6.45, 7) is 0. The molecule has 0 amide bonds. The quantitative estimate of drug-likeness (QED) is 0.155. The molecule has 8 aromatic carbocycles. The number of hydrogen-bond donors (Lipinski definition) is 0. The molecule has 0 spiro atoms. The zero-order chi connectivity index (χ0) is 28.8. The number of benzene rings is 8. The second-order valence-electron chi connectivity index (χ2n) is 11.6. The Hall–Kier alpha value is -5.86. The van der Waals surface area contributed by atoms with Crippen LogP contribution >= 0.6 is 0 Å². The molecule has 2 nitrogen and oxygen atoms in total. The van der Waals surface area contributed by atoms with Gasteiger partial charge in [-0.15, -0.1) is 0 Å². The van der Waals surface area contributed by atoms with E-state index < -0.39 is 0 Å². The molecule has 0 atom stereocenters. The van der Waals surface area contributed by atoms with Gasteiger partial charge in [-0.1, -0.05) is 103 Å². The number of hydrogen-bond acceptors (Lipinski definition) is 2. The highest BCUT2D eigenvalue weighted by atomic mass is 16.3. The van der Waals surface area contributed by atoms with Gasteiger partial charge in [-0.2, -0.15) is 0 Å². The van der Waals surface area contributed by atoms with Crippen LogP contribution in [-0.4, -0.2) is 0 Å². The van der Waals surface area contributed by atoms with E-state index in [1.54, 1.807) is 6.26 Å². The van der Waals surface area contributed by atoms with Gasteiger partial charge in [0, 0.05) is 10.8 Å². The lowest BCUT2D eigenvalue weighted by Crippen LogP contribution is -1.92. The maximum absolute atomic E-state index is 6.44. The maximum atomic E-state index is 6.44. The van der Waals surface area contributed by atoms with E-state index in [1.807, 2.05) is 12.1 Å². The fraction of sp³-hybridized carbons (Fsp3) is 0. The Balaban J connectivity index is 1.32. The normalized spacial score (nSPS) is 12.1. The fourth-order valence-corrected chi connectivity index (χ4v) is 7.43. The SMILES string of the molecule is c1ccc2c(c1)cc(-c1c3ccccc3c(-c3ccc4c(c3)oc3ccc5ccoc5c34)c3ccccc13)c1ccccc12. The van der Waals surface area contributed by atoms with Gasteiger partial charge in [0.15, 0.2) is 0 Å². The summed E-state index contributed by atoms with van der Waals surface area (Å²) in [6, 6.07) is 50.3. The average molecular weight is 561 g/mol. The standard InChI is InChI=1S/C42H24O2/c1-2-10-28-26(9-1)23-36(30-12-4-3-11-29(28)30)40-33-15-7-5-13-31(33)39(32-14-6-8-16-34(32)40)27-17-19-35-38(24-27)44-37-20-18-25-21-22-43-42(25)41(35)37/h1-24H. The van der Waals surface area contributed by atoms with E-state index in [0.29, 0.717) is 0 Å². The Morgan fingerprint density at radius 3 is 1.77 bits per heavy atom. The highest BCUT2D eigenvalue weighted by Crippen LogP contribution is 2.47. The third-order valence-electron chi connectivity index (χ3n) is 9.31. The van der Waals surface area contributed by atoms with Crippen LogP contribution < -0.4 is 0 Å². The van der Waals surface area contributed by atoms with Crippen LogP contribution in [0.15, 0.2) is 155 Å². The number of rotatable bonds is 2. The molecule has 2 heteroatoms. The summed E-state index contributed by atoms with van der Waals surface area (Å²) < 4.78 is 12.3. The second-order valence-corrected chi connectivity index (χ2v) is 11.6. The van der Waals surface area contributed by atoms with Gasteiger partial charge >= 0.3 is 0 Å². The van der Waals surface area contributed by atoms with E-state index in [-0.39, 0.29) is 0 Å². The Bertz CT molecular complexity index is 2720. The Labute approximate surface area is 252 Å². The molecule has 0 fully saturated rings. The van der Waals surface area contributed by atoms with Crippen molar-refractivity contribution < 1.29 is 8.83 Å². The van der Waals surface area contributed by atoms with Crippen molar-refractivity contribution in [3.63, 3.8) is 0 Å². The Kier molecular flexibility index (Phi) is 4.75. The molecule has 10 rings (SSSR count). The van der Waals surface area contributed by atoms with Crippen molar-refractivity contribution in [1.29, 1.82) is 0 Å². The molecule has 2 heterocycles. The summed E-state index contributed by atoms with van der Waals surface area (Å²) in [5.41, 5.74) is 7.45. The molecule has 0 aliphatic rings. The van der Waals surface area contributed by atoms with E-state index in [4.69, 9.17) is 8.83 Å². The van der Waals surface area contributed by atoms with Crippen LogP contribution in [0.5, 0.6) is 0 Å². The van der Waals surface area contributed by atoms with Gasteiger partial charge in [0.2, 0.25) is 0 Å². The zero-order valence-corrected chi connectivity index (χ0v) is 23.7. The van der Waals surface area contributed by atoms with Crippen molar-refractivity contribution in [3.05, 3.63) is 146 Å². The minimum atomic E-state index is 0.841. The third-order valence-corrected chi connectivity index (χ3v) is 9.31. The molecule has 10 aromatic rings. The van der Waals surface area contributed by atoms with Crippen molar-refractivity contribution in [1.82, 2.24) is 0 Å². The summed E-state index contributed by atoms with van der Waals surface area (Å²) in [5.74, 6) is 0. The molecule has 0 N–H and O–H groups in total. The van der Waals surface area contributed by atoms with Crippen LogP contribution in [-0.2, 0) is 0 Å². The molecule has 204 valence electrons. The number of furan rings is 2. The smallest absolute Gasteiger partial charge is 0.145 e. The summed E-state index contributed by atoms with van der Waals surface area (Å²) in [6.07, 6.45) is 1.75. The van der Waals surface area contributed by atoms with Crippen molar-refractivity contribution in [2.45, 2.75) is 0 Å². The summed E-state index contributed by atoms with van der Waals surface area (Å²) >= 11 is 0. The highest BCUT2D eigenvalue weighted by molar-refractivity contribution is 6.26. The average Bonchev–Trinajstić information content (AvgIpc) is 3.71. The number of fused-ring (bicyclic) bond motifs is 10. The highest BCUT2D eigenvalue weighted by Gasteiger charge is 2.20. The van der Waals surface area contributed by atoms with Gasteiger partial charge in [0.05, 0.1) is 11.6 Å². The fourth-order valence-electron chi connectivity index (χ4n) is 7.43. The van der Waals surface area contributed by atoms with Crippen LogP contribution in [0, 0.1) is 0 Å². The monoisotopic (exact) mass is 560 g/mol. The lowest BCUT2D eigenvalue weighted by Gasteiger charge is -2.19. The molecule has 2 aromatic heterocycles. The molecule has 0 unspecified atom stereocenters. The predicted molar refractivity (Wildman–Crippen MR) is 184 cm³/mol. The van der Waals surface area contributed by atoms with E-state index in [9.17, 15) is 0 Å². The van der Waals surface area contributed by atoms with Crippen LogP contribution in [0.4, 0.5) is 0 Å². The summed E-state index contributed by atoms with van der Waals surface area (Å²) in [7, 11) is 0. The predicted octanol–water partition coefficient (Wildman–Crippen LogP) is 12.3. The molecule has 0 aliphatic heterocycles. The Morgan fingerprint density at radius 2 is 1.02 bits per heavy atom. The lowest BCUT2D eigenvalue weighted by atomic mass is 9.84. The minimum Gasteiger partial charge on any atom is -0.464 e. The molecule has 0 saturated heterocycles. The summed E-state index contributed by atoms with van der Waals surface area (Å²) in [5, 5.41) is 13.2. The molecule has 0 aliphatic carbocycles. The molecule has 44 heavy (non-hydrogen) atoms. The van der Waals surface area contributed by atoms with Gasteiger partial charge < -0.3 is 8.83 Å². The van der Waals surface area contributed by atoms with E-state index in [0.717, 1.165) is 38.5 Å². The molecule has 0 saturated carbocycles. The van der Waals surface area contributed by atoms with E-state index in [2.05, 4.69) is 127 Å². The van der Waals surface area contributed by atoms with Crippen molar-refractivity contribution in [2.24, 2.45) is 0 Å². The summed E-state index contributed by atoms with van der Waals surface area (Å²) in [4.78, 5) is 0. The molecular weight excluding hydrogens is 536 g/mol. The van der Waals surface area contributed by atoms with Gasteiger partial charge in [-0.3, -0.25) is 0 Å². The second kappa shape index (κ2) is 8.82. The minimum absolute atomic E-state index is 0.841. The first kappa shape index (κ1) is 23.7. The van der Waals surface area contributed by atoms with Gasteiger partial charge in [0.25, 0.3) is 0 Å². The van der Waals surface area contributed by atoms with Gasteiger partial charge in [0.1, 0.15) is 16.7 Å². The van der Waals surface area contributed by atoms with Crippen LogP contribution in [0.1, 0.15) is 0 Å². The van der Waals surface area contributed by atoms with E-state index >= 15 is 0 Å².